The molecule has 0 radical (unpaired) electrons. The van der Waals surface area contributed by atoms with Gasteiger partial charge in [-0.1, -0.05) is 291 Å². The molecule has 0 unspecified atom stereocenters. The number of benzene rings is 16. The Bertz CT molecular complexity index is 6690. The second kappa shape index (κ2) is 28.3. The van der Waals surface area contributed by atoms with E-state index in [0.717, 1.165) is 93.9 Å². The molecule has 0 saturated heterocycles. The average molecular weight is 1320 g/mol. The molecule has 0 N–H and O–H groups in total. The van der Waals surface area contributed by atoms with E-state index in [-0.39, 0.29) is 64.4 Å². The van der Waals surface area contributed by atoms with Crippen molar-refractivity contribution >= 4 is 77.7 Å². The lowest BCUT2D eigenvalue weighted by molar-refractivity contribution is 0.869. The maximum atomic E-state index is 9.47. The van der Waals surface area contributed by atoms with Crippen molar-refractivity contribution in [1.82, 2.24) is 9.13 Å². The lowest BCUT2D eigenvalue weighted by Gasteiger charge is -2.26. The summed E-state index contributed by atoms with van der Waals surface area (Å²) in [6.07, 6.45) is 0. The monoisotopic (exact) mass is 1320 g/mol. The predicted octanol–water partition coefficient (Wildman–Crippen LogP) is 26.6. The van der Waals surface area contributed by atoms with Crippen molar-refractivity contribution in [2.75, 3.05) is 9.80 Å². The Kier molecular flexibility index (Phi) is 13.7. The van der Waals surface area contributed by atoms with E-state index in [1.54, 1.807) is 18.2 Å². The molecule has 16 aromatic carbocycles. The van der Waals surface area contributed by atoms with Gasteiger partial charge in [0.1, 0.15) is 0 Å². The molecule has 0 amide bonds. The van der Waals surface area contributed by atoms with Crippen molar-refractivity contribution in [3.8, 4) is 66.8 Å². The fourth-order valence-electron chi connectivity index (χ4n) is 13.8. The molecular formula is C98H72N4. The number of rotatable bonds is 16. The van der Waals surface area contributed by atoms with E-state index < -0.39 is 42.3 Å². The minimum Gasteiger partial charge on any atom is -0.336 e. The van der Waals surface area contributed by atoms with E-state index in [2.05, 4.69) is 118 Å². The largest absolute Gasteiger partial charge is 0.336 e. The van der Waals surface area contributed by atoms with Gasteiger partial charge in [-0.25, -0.2) is 0 Å². The number of para-hydroxylation sites is 4. The molecule has 18 rings (SSSR count). The molecule has 484 valence electrons. The summed E-state index contributed by atoms with van der Waals surface area (Å²) in [5, 5.41) is 3.93. The zero-order valence-electron chi connectivity index (χ0n) is 68.5. The summed E-state index contributed by atoms with van der Waals surface area (Å²) in [6.45, 7) is 1.26. The Morgan fingerprint density at radius 3 is 0.912 bits per heavy atom. The number of fused-ring (bicyclic) bond motifs is 6. The van der Waals surface area contributed by atoms with Gasteiger partial charge in [-0.2, -0.15) is 0 Å². The highest BCUT2D eigenvalue weighted by molar-refractivity contribution is 6.10. The van der Waals surface area contributed by atoms with E-state index >= 15 is 0 Å². The first-order valence-corrected chi connectivity index (χ1v) is 34.0. The van der Waals surface area contributed by atoms with Gasteiger partial charge in [-0.05, 0) is 199 Å². The third kappa shape index (κ3) is 12.8. The molecule has 102 heavy (non-hydrogen) atoms. The van der Waals surface area contributed by atoms with E-state index in [4.69, 9.17) is 6.85 Å². The molecule has 0 aliphatic heterocycles. The lowest BCUT2D eigenvalue weighted by Crippen LogP contribution is -2.09. The third-order valence-electron chi connectivity index (χ3n) is 18.7. The van der Waals surface area contributed by atoms with Crippen molar-refractivity contribution in [2.24, 2.45) is 0 Å². The van der Waals surface area contributed by atoms with Gasteiger partial charge < -0.3 is 18.9 Å². The van der Waals surface area contributed by atoms with Gasteiger partial charge in [-0.3, -0.25) is 0 Å². The van der Waals surface area contributed by atoms with Crippen LogP contribution in [0.25, 0.3) is 110 Å². The fourth-order valence-corrected chi connectivity index (χ4v) is 13.8. The normalized spacial score (nSPS) is 13.0. The van der Waals surface area contributed by atoms with Crippen LogP contribution in [0.15, 0.2) is 412 Å². The molecular weight excluding hydrogens is 1230 g/mol. The minimum atomic E-state index is -0.585. The summed E-state index contributed by atoms with van der Waals surface area (Å²) in [6, 6.07) is 105. The first-order valence-electron chi connectivity index (χ1n) is 40.5. The molecule has 0 fully saturated rings. The second-order valence-corrected chi connectivity index (χ2v) is 25.1. The maximum Gasteiger partial charge on any atom is 0.0645 e. The van der Waals surface area contributed by atoms with Gasteiger partial charge >= 0.3 is 0 Å². The highest BCUT2D eigenvalue weighted by Crippen LogP contribution is 2.42. The van der Waals surface area contributed by atoms with Crippen molar-refractivity contribution in [3.05, 3.63) is 423 Å². The number of nitrogens with zero attached hydrogens (tertiary/aromatic N) is 4. The van der Waals surface area contributed by atoms with Gasteiger partial charge in [-0.15, -0.1) is 0 Å². The summed E-state index contributed by atoms with van der Waals surface area (Å²) in [7, 11) is 0. The zero-order chi connectivity index (χ0) is 79.3. The Hall–Kier alpha value is -13.3. The standard InChI is InChI=1S/2C49H36N2/c2*1-4-15-37(16-5-1)40-19-12-14-36(32-40)35-50-48-25-11-10-24-46(48)47-34-42(28-31-49(47)50)39-26-29-44(30-27-39)51(43-21-8-3-9-22-43)45-23-13-20-41(33-45)38-17-6-2-7-18-38/h2*1-34H,35H2/i3D,8D,9D,21D,22D,26D,27D,29D,30D;26D,27D,29D,30D. The van der Waals surface area contributed by atoms with Crippen LogP contribution >= 0.6 is 0 Å². The van der Waals surface area contributed by atoms with E-state index in [9.17, 15) is 11.0 Å². The molecule has 4 nitrogen and oxygen atoms in total. The first kappa shape index (κ1) is 49.3. The minimum absolute atomic E-state index is 0.0853. The van der Waals surface area contributed by atoms with Crippen LogP contribution in [-0.4, -0.2) is 9.13 Å². The summed E-state index contributed by atoms with van der Waals surface area (Å²) in [4.78, 5) is 3.10. The molecule has 0 spiro atoms. The Morgan fingerprint density at radius 2 is 0.500 bits per heavy atom. The molecule has 0 aliphatic rings. The highest BCUT2D eigenvalue weighted by Gasteiger charge is 2.19. The Balaban J connectivity index is 0.000000166. The molecule has 0 atom stereocenters. The first-order chi connectivity index (χ1) is 56.0. The number of hydrogen-bond acceptors (Lipinski definition) is 2. The van der Waals surface area contributed by atoms with Gasteiger partial charge in [0.05, 0.1) is 17.8 Å². The molecule has 0 bridgehead atoms. The van der Waals surface area contributed by atoms with Crippen LogP contribution in [0.4, 0.5) is 34.1 Å². The smallest absolute Gasteiger partial charge is 0.0645 e. The van der Waals surface area contributed by atoms with Crippen LogP contribution in [-0.2, 0) is 13.1 Å². The van der Waals surface area contributed by atoms with Crippen molar-refractivity contribution < 1.29 is 17.8 Å². The molecule has 4 heteroatoms. The summed E-state index contributed by atoms with van der Waals surface area (Å²) in [5.41, 5.74) is 17.6. The van der Waals surface area contributed by atoms with Crippen LogP contribution in [0.2, 0.25) is 0 Å². The maximum absolute atomic E-state index is 9.47. The zero-order valence-corrected chi connectivity index (χ0v) is 55.5. The van der Waals surface area contributed by atoms with Crippen LogP contribution in [0, 0.1) is 0 Å². The predicted molar refractivity (Wildman–Crippen MR) is 432 cm³/mol. The number of aromatic nitrogens is 2. The van der Waals surface area contributed by atoms with E-state index in [1.165, 1.54) is 21.6 Å². The van der Waals surface area contributed by atoms with Crippen LogP contribution in [0.5, 0.6) is 0 Å². The molecule has 2 heterocycles. The molecule has 2 aromatic heterocycles. The Labute approximate surface area is 614 Å². The summed E-state index contributed by atoms with van der Waals surface area (Å²) >= 11 is 0. The van der Waals surface area contributed by atoms with Gasteiger partial charge in [0.2, 0.25) is 0 Å². The van der Waals surface area contributed by atoms with Crippen LogP contribution in [0.1, 0.15) is 28.9 Å². The molecule has 0 aliphatic carbocycles. The molecule has 18 aromatic rings. The van der Waals surface area contributed by atoms with Crippen molar-refractivity contribution in [3.63, 3.8) is 0 Å². The second-order valence-electron chi connectivity index (χ2n) is 25.1. The van der Waals surface area contributed by atoms with Crippen LogP contribution < -0.4 is 9.80 Å². The Morgan fingerprint density at radius 1 is 0.196 bits per heavy atom. The number of hydrogen-bond donors (Lipinski definition) is 0. The molecule has 0 saturated carbocycles. The van der Waals surface area contributed by atoms with Crippen molar-refractivity contribution in [1.29, 1.82) is 0 Å². The lowest BCUT2D eigenvalue weighted by atomic mass is 10.0. The fraction of sp³-hybridized carbons (Fsp3) is 0.0204. The summed E-state index contributed by atoms with van der Waals surface area (Å²) < 4.78 is 123. The average Bonchev–Trinajstić information content (AvgIpc) is 1.12. The summed E-state index contributed by atoms with van der Waals surface area (Å²) in [5.74, 6) is 0. The quantitative estimate of drug-likeness (QED) is 0.0959. The topological polar surface area (TPSA) is 16.3 Å². The van der Waals surface area contributed by atoms with E-state index in [1.807, 2.05) is 211 Å². The third-order valence-corrected chi connectivity index (χ3v) is 18.7. The highest BCUT2D eigenvalue weighted by atomic mass is 15.1. The van der Waals surface area contributed by atoms with Gasteiger partial charge in [0.15, 0.2) is 0 Å². The number of anilines is 6. The van der Waals surface area contributed by atoms with Gasteiger partial charge in [0.25, 0.3) is 0 Å². The van der Waals surface area contributed by atoms with E-state index in [0.29, 0.717) is 29.9 Å². The van der Waals surface area contributed by atoms with Crippen LogP contribution in [0.3, 0.4) is 0 Å². The SMILES string of the molecule is [2H]c1c([2H])c(N(c2ccccc2)c2cccc(-c3ccccc3)c2)c([2H])c([2H])c1-c1ccc2c(c1)c1ccccc1n2Cc1cccc(-c2ccccc2)c1.[2H]c1c([2H])c([2H])c(N(c2cccc(-c3ccccc3)c2)c2c([2H])c([2H])c(-c3ccc4c(c3)c3ccccc3n4Cc3cccc(-c4ccccc4)c3)c([2H])c2[2H])c([2H])c1[2H]. The van der Waals surface area contributed by atoms with Gasteiger partial charge in [0, 0.05) is 90.8 Å². The van der Waals surface area contributed by atoms with Crippen molar-refractivity contribution in [2.45, 2.75) is 13.1 Å².